The summed E-state index contributed by atoms with van der Waals surface area (Å²) in [5.74, 6) is 0.298. The van der Waals surface area contributed by atoms with Crippen LogP contribution in [0.3, 0.4) is 0 Å². The summed E-state index contributed by atoms with van der Waals surface area (Å²) in [4.78, 5) is 9.44. The van der Waals surface area contributed by atoms with Gasteiger partial charge in [0.25, 0.3) is 0 Å². The van der Waals surface area contributed by atoms with Gasteiger partial charge in [-0.3, -0.25) is 4.57 Å². The fourth-order valence-electron chi connectivity index (χ4n) is 0.970. The van der Waals surface area contributed by atoms with E-state index in [0.717, 1.165) is 5.57 Å². The van der Waals surface area contributed by atoms with E-state index >= 15 is 0 Å². The molecule has 0 amide bonds. The maximum absolute atomic E-state index is 11.4. The Morgan fingerprint density at radius 2 is 2.00 bits per heavy atom. The van der Waals surface area contributed by atoms with Gasteiger partial charge in [0.05, 0.1) is 0 Å². The summed E-state index contributed by atoms with van der Waals surface area (Å²) in [5, 5.41) is 0. The molecule has 0 saturated heterocycles. The van der Waals surface area contributed by atoms with Gasteiger partial charge < -0.3 is 4.89 Å². The predicted octanol–water partition coefficient (Wildman–Crippen LogP) is 2.88. The van der Waals surface area contributed by atoms with Crippen LogP contribution < -0.4 is 0 Å². The molecule has 0 aliphatic carbocycles. The Hall–Kier alpha value is -0.0700. The topological polar surface area (TPSA) is 37.3 Å². The molecule has 0 spiro atoms. The quantitative estimate of drug-likeness (QED) is 0.546. The van der Waals surface area contributed by atoms with Gasteiger partial charge in [-0.1, -0.05) is 25.5 Å². The molecule has 0 aromatic carbocycles. The Morgan fingerprint density at radius 3 is 2.33 bits per heavy atom. The van der Waals surface area contributed by atoms with E-state index in [4.69, 9.17) is 0 Å². The van der Waals surface area contributed by atoms with Crippen molar-refractivity contribution in [3.05, 3.63) is 11.6 Å². The molecule has 0 saturated carbocycles. The summed E-state index contributed by atoms with van der Waals surface area (Å²) < 4.78 is 11.4. The summed E-state index contributed by atoms with van der Waals surface area (Å²) in [6, 6.07) is 0. The lowest BCUT2D eigenvalue weighted by Crippen LogP contribution is -1.99. The third kappa shape index (κ3) is 6.63. The van der Waals surface area contributed by atoms with Crippen molar-refractivity contribution in [3.8, 4) is 0 Å². The molecule has 0 aromatic heterocycles. The molecular formula is C9H19O2P. The van der Waals surface area contributed by atoms with E-state index in [9.17, 15) is 9.46 Å². The predicted molar refractivity (Wildman–Crippen MR) is 53.8 cm³/mol. The molecule has 0 bridgehead atoms. The first-order valence-corrected chi connectivity index (χ1v) is 6.30. The van der Waals surface area contributed by atoms with Gasteiger partial charge in [-0.2, -0.15) is 0 Å². The lowest BCUT2D eigenvalue weighted by atomic mass is 10.3. The molecule has 0 heterocycles. The highest BCUT2D eigenvalue weighted by Gasteiger charge is 2.17. The van der Waals surface area contributed by atoms with Gasteiger partial charge in [0.15, 0.2) is 0 Å². The SMILES string of the molecule is CC(C)=CCP(=O)(O)CC(C)C. The Kier molecular flexibility index (Phi) is 4.81. The summed E-state index contributed by atoms with van der Waals surface area (Å²) >= 11 is 0. The first-order valence-electron chi connectivity index (χ1n) is 4.27. The minimum absolute atomic E-state index is 0.298. The van der Waals surface area contributed by atoms with Gasteiger partial charge in [-0.05, 0) is 19.8 Å². The zero-order chi connectivity index (χ0) is 9.78. The third-order valence-corrected chi connectivity index (χ3v) is 3.49. The number of hydrogen-bond donors (Lipinski definition) is 1. The van der Waals surface area contributed by atoms with Crippen molar-refractivity contribution in [3.63, 3.8) is 0 Å². The zero-order valence-corrected chi connectivity index (χ0v) is 9.27. The largest absolute Gasteiger partial charge is 0.344 e. The number of allylic oxidation sites excluding steroid dienone is 2. The minimum atomic E-state index is -2.88. The summed E-state index contributed by atoms with van der Waals surface area (Å²) in [5.41, 5.74) is 1.10. The Morgan fingerprint density at radius 1 is 1.50 bits per heavy atom. The van der Waals surface area contributed by atoms with Crippen molar-refractivity contribution in [1.29, 1.82) is 0 Å². The molecule has 0 rings (SSSR count). The highest BCUT2D eigenvalue weighted by molar-refractivity contribution is 7.58. The Labute approximate surface area is 75.1 Å². The molecule has 1 unspecified atom stereocenters. The molecule has 0 aliphatic rings. The van der Waals surface area contributed by atoms with Gasteiger partial charge >= 0.3 is 0 Å². The maximum Gasteiger partial charge on any atom is 0.204 e. The monoisotopic (exact) mass is 190 g/mol. The highest BCUT2D eigenvalue weighted by atomic mass is 31.2. The van der Waals surface area contributed by atoms with Gasteiger partial charge in [0, 0.05) is 12.3 Å². The van der Waals surface area contributed by atoms with Crippen LogP contribution in [-0.2, 0) is 4.57 Å². The van der Waals surface area contributed by atoms with Crippen molar-refractivity contribution in [2.24, 2.45) is 5.92 Å². The van der Waals surface area contributed by atoms with Crippen molar-refractivity contribution in [2.45, 2.75) is 27.7 Å². The fourth-order valence-corrected chi connectivity index (χ4v) is 2.91. The van der Waals surface area contributed by atoms with Crippen LogP contribution >= 0.6 is 7.37 Å². The Balaban J connectivity index is 4.06. The van der Waals surface area contributed by atoms with Gasteiger partial charge in [-0.25, -0.2) is 0 Å². The van der Waals surface area contributed by atoms with Crippen LogP contribution in [0.1, 0.15) is 27.7 Å². The van der Waals surface area contributed by atoms with Crippen molar-refractivity contribution in [1.82, 2.24) is 0 Å². The molecule has 0 fully saturated rings. The van der Waals surface area contributed by atoms with Gasteiger partial charge in [-0.15, -0.1) is 0 Å². The van der Waals surface area contributed by atoms with E-state index in [-0.39, 0.29) is 0 Å². The van der Waals surface area contributed by atoms with Crippen LogP contribution in [0.4, 0.5) is 0 Å². The molecule has 0 radical (unpaired) electrons. The van der Waals surface area contributed by atoms with E-state index in [1.807, 2.05) is 33.8 Å². The average Bonchev–Trinajstić information content (AvgIpc) is 1.81. The molecule has 1 atom stereocenters. The lowest BCUT2D eigenvalue weighted by Gasteiger charge is -2.11. The third-order valence-electron chi connectivity index (χ3n) is 1.44. The maximum atomic E-state index is 11.4. The standard InChI is InChI=1S/C9H19O2P/c1-8(2)5-6-12(10,11)7-9(3)4/h5,9H,6-7H2,1-4H3,(H,10,11). The number of rotatable bonds is 4. The summed E-state index contributed by atoms with van der Waals surface area (Å²) in [6.45, 7) is 7.81. The molecule has 0 aliphatic heterocycles. The smallest absolute Gasteiger partial charge is 0.204 e. The minimum Gasteiger partial charge on any atom is -0.344 e. The van der Waals surface area contributed by atoms with E-state index in [2.05, 4.69) is 0 Å². The van der Waals surface area contributed by atoms with Crippen molar-refractivity contribution < 1.29 is 9.46 Å². The fraction of sp³-hybridized carbons (Fsp3) is 0.778. The molecule has 0 aromatic rings. The normalized spacial score (nSPS) is 15.8. The van der Waals surface area contributed by atoms with Crippen molar-refractivity contribution >= 4 is 7.37 Å². The second kappa shape index (κ2) is 4.84. The second-order valence-electron chi connectivity index (χ2n) is 3.89. The first kappa shape index (κ1) is 11.9. The van der Waals surface area contributed by atoms with Crippen LogP contribution in [0.2, 0.25) is 0 Å². The average molecular weight is 190 g/mol. The zero-order valence-electron chi connectivity index (χ0n) is 8.37. The summed E-state index contributed by atoms with van der Waals surface area (Å²) in [6.07, 6.45) is 2.59. The van der Waals surface area contributed by atoms with E-state index in [0.29, 0.717) is 18.2 Å². The number of hydrogen-bond acceptors (Lipinski definition) is 1. The lowest BCUT2D eigenvalue weighted by molar-refractivity contribution is 0.472. The van der Waals surface area contributed by atoms with E-state index in [1.165, 1.54) is 0 Å². The first-order chi connectivity index (χ1) is 5.33. The van der Waals surface area contributed by atoms with E-state index in [1.54, 1.807) is 0 Å². The van der Waals surface area contributed by atoms with Crippen molar-refractivity contribution in [2.75, 3.05) is 12.3 Å². The van der Waals surface area contributed by atoms with E-state index < -0.39 is 7.37 Å². The van der Waals surface area contributed by atoms with Crippen LogP contribution in [0.15, 0.2) is 11.6 Å². The molecule has 1 N–H and O–H groups in total. The molecule has 3 heteroatoms. The second-order valence-corrected chi connectivity index (χ2v) is 6.31. The Bertz CT molecular complexity index is 203. The van der Waals surface area contributed by atoms with Gasteiger partial charge in [0.1, 0.15) is 0 Å². The van der Waals surface area contributed by atoms with Gasteiger partial charge in [0.2, 0.25) is 7.37 Å². The van der Waals surface area contributed by atoms with Crippen LogP contribution in [0, 0.1) is 5.92 Å². The summed E-state index contributed by atoms with van der Waals surface area (Å²) in [7, 11) is -2.88. The molecule has 12 heavy (non-hydrogen) atoms. The molecule has 72 valence electrons. The highest BCUT2D eigenvalue weighted by Crippen LogP contribution is 2.42. The van der Waals surface area contributed by atoms with Crippen LogP contribution in [0.5, 0.6) is 0 Å². The van der Waals surface area contributed by atoms with Crippen LogP contribution in [0.25, 0.3) is 0 Å². The molecular weight excluding hydrogens is 171 g/mol. The molecule has 2 nitrogen and oxygen atoms in total. The van der Waals surface area contributed by atoms with Crippen LogP contribution in [-0.4, -0.2) is 17.2 Å².